The Hall–Kier alpha value is -1.32. The van der Waals surface area contributed by atoms with Gasteiger partial charge < -0.3 is 10.5 Å². The van der Waals surface area contributed by atoms with Gasteiger partial charge >= 0.3 is 0 Å². The quantitative estimate of drug-likeness (QED) is 0.760. The average Bonchev–Trinajstić information content (AvgIpc) is 2.92. The number of aromatic nitrogens is 2. The molecule has 0 aliphatic heterocycles. The monoisotopic (exact) mass is 179 g/mol. The molecule has 2 N–H and O–H groups in total. The van der Waals surface area contributed by atoms with E-state index in [1.807, 2.05) is 6.92 Å². The third-order valence-electron chi connectivity index (χ3n) is 2.06. The zero-order chi connectivity index (χ0) is 9.26. The Morgan fingerprint density at radius 2 is 2.38 bits per heavy atom. The third-order valence-corrected chi connectivity index (χ3v) is 2.06. The van der Waals surface area contributed by atoms with Crippen molar-refractivity contribution in [1.82, 2.24) is 9.97 Å². The van der Waals surface area contributed by atoms with E-state index < -0.39 is 0 Å². The summed E-state index contributed by atoms with van der Waals surface area (Å²) >= 11 is 0. The normalized spacial score (nSPS) is 15.8. The highest BCUT2D eigenvalue weighted by Crippen LogP contribution is 2.41. The Kier molecular flexibility index (Phi) is 2.04. The number of hydrogen-bond donors (Lipinski definition) is 1. The number of nitrogen functional groups attached to an aromatic ring is 1. The van der Waals surface area contributed by atoms with Gasteiger partial charge in [0.2, 0.25) is 5.88 Å². The predicted octanol–water partition coefficient (Wildman–Crippen LogP) is 1.33. The van der Waals surface area contributed by atoms with Crippen LogP contribution in [0, 0.1) is 0 Å². The standard InChI is InChI=1S/C9H13N3O/c1-2-13-7-5-11-9(10)8(12-7)6-3-4-6/h5-6H,2-4H2,1H3,(H2,10,11). The van der Waals surface area contributed by atoms with Crippen LogP contribution in [0.15, 0.2) is 6.20 Å². The molecule has 0 saturated heterocycles. The van der Waals surface area contributed by atoms with E-state index in [0.717, 1.165) is 5.69 Å². The molecule has 0 bridgehead atoms. The minimum atomic E-state index is 0.521. The molecular weight excluding hydrogens is 166 g/mol. The summed E-state index contributed by atoms with van der Waals surface area (Å²) in [5, 5.41) is 0. The Morgan fingerprint density at radius 3 is 3.00 bits per heavy atom. The zero-order valence-corrected chi connectivity index (χ0v) is 7.66. The van der Waals surface area contributed by atoms with Gasteiger partial charge in [0.15, 0.2) is 0 Å². The Balaban J connectivity index is 2.25. The van der Waals surface area contributed by atoms with Crippen molar-refractivity contribution in [1.29, 1.82) is 0 Å². The highest BCUT2D eigenvalue weighted by atomic mass is 16.5. The van der Waals surface area contributed by atoms with Gasteiger partial charge in [0.05, 0.1) is 18.5 Å². The van der Waals surface area contributed by atoms with Crippen molar-refractivity contribution in [3.63, 3.8) is 0 Å². The van der Waals surface area contributed by atoms with E-state index in [4.69, 9.17) is 10.5 Å². The van der Waals surface area contributed by atoms with Gasteiger partial charge in [0, 0.05) is 5.92 Å². The minimum Gasteiger partial charge on any atom is -0.477 e. The van der Waals surface area contributed by atoms with Crippen molar-refractivity contribution in [2.24, 2.45) is 0 Å². The molecule has 0 unspecified atom stereocenters. The first kappa shape index (κ1) is 8.29. The molecule has 0 amide bonds. The lowest BCUT2D eigenvalue weighted by Crippen LogP contribution is -2.03. The van der Waals surface area contributed by atoms with Gasteiger partial charge in [-0.1, -0.05) is 0 Å². The minimum absolute atomic E-state index is 0.521. The van der Waals surface area contributed by atoms with Crippen LogP contribution in [-0.2, 0) is 0 Å². The number of rotatable bonds is 3. The maximum absolute atomic E-state index is 5.70. The lowest BCUT2D eigenvalue weighted by molar-refractivity contribution is 0.324. The molecule has 0 aromatic carbocycles. The second kappa shape index (κ2) is 3.20. The van der Waals surface area contributed by atoms with Crippen molar-refractivity contribution in [2.45, 2.75) is 25.7 Å². The molecule has 1 heterocycles. The molecular formula is C9H13N3O. The fourth-order valence-electron chi connectivity index (χ4n) is 1.27. The molecule has 1 aliphatic rings. The highest BCUT2D eigenvalue weighted by Gasteiger charge is 2.28. The fourth-order valence-corrected chi connectivity index (χ4v) is 1.27. The number of nitrogens with zero attached hydrogens (tertiary/aromatic N) is 2. The first-order chi connectivity index (χ1) is 6.31. The SMILES string of the molecule is CCOc1cnc(N)c(C2CC2)n1. The number of nitrogens with two attached hydrogens (primary N) is 1. The molecule has 1 fully saturated rings. The Bertz CT molecular complexity index is 310. The summed E-state index contributed by atoms with van der Waals surface area (Å²) in [7, 11) is 0. The molecule has 1 aromatic rings. The average molecular weight is 179 g/mol. The van der Waals surface area contributed by atoms with Crippen molar-refractivity contribution in [3.05, 3.63) is 11.9 Å². The van der Waals surface area contributed by atoms with Gasteiger partial charge in [0.25, 0.3) is 0 Å². The van der Waals surface area contributed by atoms with E-state index in [-0.39, 0.29) is 0 Å². The van der Waals surface area contributed by atoms with Crippen LogP contribution in [0.2, 0.25) is 0 Å². The molecule has 4 heteroatoms. The molecule has 0 spiro atoms. The van der Waals surface area contributed by atoms with E-state index in [2.05, 4.69) is 9.97 Å². The van der Waals surface area contributed by atoms with Crippen molar-refractivity contribution in [3.8, 4) is 5.88 Å². The third kappa shape index (κ3) is 1.71. The summed E-state index contributed by atoms with van der Waals surface area (Å²) in [6.07, 6.45) is 3.92. The summed E-state index contributed by atoms with van der Waals surface area (Å²) in [5.74, 6) is 1.65. The summed E-state index contributed by atoms with van der Waals surface area (Å²) in [5.41, 5.74) is 6.61. The van der Waals surface area contributed by atoms with Crippen LogP contribution in [0.5, 0.6) is 5.88 Å². The molecule has 2 rings (SSSR count). The number of hydrogen-bond acceptors (Lipinski definition) is 4. The maximum Gasteiger partial charge on any atom is 0.232 e. The Labute approximate surface area is 77.1 Å². The van der Waals surface area contributed by atoms with Crippen LogP contribution in [-0.4, -0.2) is 16.6 Å². The first-order valence-corrected chi connectivity index (χ1v) is 4.56. The van der Waals surface area contributed by atoms with Crippen LogP contribution in [0.1, 0.15) is 31.4 Å². The molecule has 0 radical (unpaired) electrons. The van der Waals surface area contributed by atoms with Gasteiger partial charge in [-0.25, -0.2) is 9.97 Å². The number of ether oxygens (including phenoxy) is 1. The Morgan fingerprint density at radius 1 is 1.62 bits per heavy atom. The van der Waals surface area contributed by atoms with Gasteiger partial charge in [-0.2, -0.15) is 0 Å². The summed E-state index contributed by atoms with van der Waals surface area (Å²) in [6, 6.07) is 0. The maximum atomic E-state index is 5.70. The second-order valence-corrected chi connectivity index (χ2v) is 3.19. The van der Waals surface area contributed by atoms with Gasteiger partial charge in [-0.15, -0.1) is 0 Å². The van der Waals surface area contributed by atoms with Gasteiger partial charge in [0.1, 0.15) is 5.82 Å². The molecule has 1 saturated carbocycles. The molecule has 0 atom stereocenters. The van der Waals surface area contributed by atoms with Gasteiger partial charge in [-0.05, 0) is 19.8 Å². The largest absolute Gasteiger partial charge is 0.477 e. The molecule has 70 valence electrons. The van der Waals surface area contributed by atoms with Crippen LogP contribution < -0.4 is 10.5 Å². The lowest BCUT2D eigenvalue weighted by Gasteiger charge is -2.05. The lowest BCUT2D eigenvalue weighted by atomic mass is 10.3. The molecule has 1 aliphatic carbocycles. The highest BCUT2D eigenvalue weighted by molar-refractivity contribution is 5.40. The van der Waals surface area contributed by atoms with Gasteiger partial charge in [-0.3, -0.25) is 0 Å². The number of anilines is 1. The summed E-state index contributed by atoms with van der Waals surface area (Å²) < 4.78 is 5.25. The summed E-state index contributed by atoms with van der Waals surface area (Å²) in [6.45, 7) is 2.54. The van der Waals surface area contributed by atoms with E-state index in [1.165, 1.54) is 12.8 Å². The van der Waals surface area contributed by atoms with E-state index in [9.17, 15) is 0 Å². The predicted molar refractivity (Wildman–Crippen MR) is 49.6 cm³/mol. The van der Waals surface area contributed by atoms with Crippen LogP contribution in [0.3, 0.4) is 0 Å². The zero-order valence-electron chi connectivity index (χ0n) is 7.66. The topological polar surface area (TPSA) is 61.0 Å². The second-order valence-electron chi connectivity index (χ2n) is 3.19. The fraction of sp³-hybridized carbons (Fsp3) is 0.556. The van der Waals surface area contributed by atoms with Crippen LogP contribution >= 0.6 is 0 Å². The smallest absolute Gasteiger partial charge is 0.232 e. The summed E-state index contributed by atoms with van der Waals surface area (Å²) in [4.78, 5) is 8.36. The van der Waals surface area contributed by atoms with Crippen LogP contribution in [0.4, 0.5) is 5.82 Å². The van der Waals surface area contributed by atoms with E-state index in [1.54, 1.807) is 6.20 Å². The van der Waals surface area contributed by atoms with Crippen molar-refractivity contribution in [2.75, 3.05) is 12.3 Å². The van der Waals surface area contributed by atoms with E-state index in [0.29, 0.717) is 24.2 Å². The first-order valence-electron chi connectivity index (χ1n) is 4.56. The van der Waals surface area contributed by atoms with E-state index >= 15 is 0 Å². The van der Waals surface area contributed by atoms with Crippen LogP contribution in [0.25, 0.3) is 0 Å². The van der Waals surface area contributed by atoms with Crippen molar-refractivity contribution >= 4 is 5.82 Å². The molecule has 4 nitrogen and oxygen atoms in total. The molecule has 1 aromatic heterocycles. The van der Waals surface area contributed by atoms with Crippen molar-refractivity contribution < 1.29 is 4.74 Å². The molecule has 13 heavy (non-hydrogen) atoms.